The van der Waals surface area contributed by atoms with Gasteiger partial charge in [-0.25, -0.2) is 0 Å². The highest BCUT2D eigenvalue weighted by Crippen LogP contribution is 2.31. The van der Waals surface area contributed by atoms with Crippen LogP contribution in [0.2, 0.25) is 0 Å². The normalized spacial score (nSPS) is 11.6. The fourth-order valence-corrected chi connectivity index (χ4v) is 1.98. The smallest absolute Gasteiger partial charge is 0.166 e. The first-order valence-electron chi connectivity index (χ1n) is 7.50. The summed E-state index contributed by atoms with van der Waals surface area (Å²) in [5.41, 5.74) is 1.11. The molecule has 0 aliphatic carbocycles. The third kappa shape index (κ3) is 5.79. The second-order valence-electron chi connectivity index (χ2n) is 4.85. The number of rotatable bonds is 8. The summed E-state index contributed by atoms with van der Waals surface area (Å²) >= 11 is 5.14. The molecular weight excluding hydrogens is 284 g/mol. The number of benzene rings is 1. The Balaban J connectivity index is 2.88. The Bertz CT molecular complexity index is 452. The van der Waals surface area contributed by atoms with Gasteiger partial charge in [0.15, 0.2) is 16.6 Å². The van der Waals surface area contributed by atoms with Crippen LogP contribution in [-0.2, 0) is 0 Å². The molecule has 0 aromatic heterocycles. The summed E-state index contributed by atoms with van der Waals surface area (Å²) in [6.45, 7) is 7.62. The van der Waals surface area contributed by atoms with E-state index in [0.717, 1.165) is 29.9 Å². The maximum atomic E-state index is 5.80. The first-order valence-corrected chi connectivity index (χ1v) is 7.90. The van der Waals surface area contributed by atoms with Crippen molar-refractivity contribution in [3.8, 4) is 11.5 Å². The number of hydrogen-bond donors (Lipinski definition) is 2. The van der Waals surface area contributed by atoms with E-state index in [0.29, 0.717) is 18.3 Å². The van der Waals surface area contributed by atoms with Crippen molar-refractivity contribution in [2.24, 2.45) is 0 Å². The molecule has 118 valence electrons. The second kappa shape index (κ2) is 9.45. The van der Waals surface area contributed by atoms with E-state index in [1.165, 1.54) is 0 Å². The Morgan fingerprint density at radius 1 is 1.14 bits per heavy atom. The van der Waals surface area contributed by atoms with Gasteiger partial charge in [-0.1, -0.05) is 19.9 Å². The predicted molar refractivity (Wildman–Crippen MR) is 91.2 cm³/mol. The van der Waals surface area contributed by atoms with Crippen LogP contribution >= 0.6 is 12.2 Å². The molecule has 0 aliphatic rings. The van der Waals surface area contributed by atoms with Crippen LogP contribution in [0, 0.1) is 0 Å². The molecule has 2 N–H and O–H groups in total. The zero-order valence-electron chi connectivity index (χ0n) is 13.4. The van der Waals surface area contributed by atoms with Crippen molar-refractivity contribution >= 4 is 17.3 Å². The lowest BCUT2D eigenvalue weighted by Crippen LogP contribution is -2.34. The topological polar surface area (TPSA) is 42.5 Å². The Labute approximate surface area is 133 Å². The Kier molecular flexibility index (Phi) is 7.90. The summed E-state index contributed by atoms with van der Waals surface area (Å²) < 4.78 is 11.5. The lowest BCUT2D eigenvalue weighted by Gasteiger charge is -2.19. The molecule has 0 saturated carbocycles. The van der Waals surface area contributed by atoms with Crippen LogP contribution in [0.15, 0.2) is 18.2 Å². The standard InChI is InChI=1S/C16H26N2O2S/c1-5-9-19-14-8-7-13(11-15(14)20-10-6-2)12(3)18-16(21)17-4/h7-8,11-12H,5-6,9-10H2,1-4H3,(H2,17,18,21)/t12-/m1/s1. The van der Waals surface area contributed by atoms with Gasteiger partial charge in [-0.3, -0.25) is 0 Å². The van der Waals surface area contributed by atoms with Crippen LogP contribution in [0.1, 0.15) is 45.2 Å². The van der Waals surface area contributed by atoms with Crippen LogP contribution in [0.4, 0.5) is 0 Å². The largest absolute Gasteiger partial charge is 0.490 e. The first-order chi connectivity index (χ1) is 10.1. The third-order valence-corrected chi connectivity index (χ3v) is 3.29. The second-order valence-corrected chi connectivity index (χ2v) is 5.26. The Morgan fingerprint density at radius 3 is 2.33 bits per heavy atom. The fraction of sp³-hybridized carbons (Fsp3) is 0.562. The van der Waals surface area contributed by atoms with Crippen molar-refractivity contribution in [1.82, 2.24) is 10.6 Å². The van der Waals surface area contributed by atoms with Gasteiger partial charge < -0.3 is 20.1 Å². The molecule has 4 nitrogen and oxygen atoms in total. The Hall–Kier alpha value is -1.49. The summed E-state index contributed by atoms with van der Waals surface area (Å²) in [4.78, 5) is 0. The van der Waals surface area contributed by atoms with E-state index in [9.17, 15) is 0 Å². The lowest BCUT2D eigenvalue weighted by molar-refractivity contribution is 0.268. The first kappa shape index (κ1) is 17.6. The highest BCUT2D eigenvalue weighted by molar-refractivity contribution is 7.80. The van der Waals surface area contributed by atoms with Crippen molar-refractivity contribution in [3.63, 3.8) is 0 Å². The van der Waals surface area contributed by atoms with Crippen molar-refractivity contribution in [2.45, 2.75) is 39.7 Å². The van der Waals surface area contributed by atoms with E-state index in [1.54, 1.807) is 7.05 Å². The van der Waals surface area contributed by atoms with Crippen LogP contribution in [0.5, 0.6) is 11.5 Å². The van der Waals surface area contributed by atoms with Gasteiger partial charge in [0, 0.05) is 7.05 Å². The minimum atomic E-state index is 0.106. The van der Waals surface area contributed by atoms with Crippen molar-refractivity contribution in [1.29, 1.82) is 0 Å². The highest BCUT2D eigenvalue weighted by atomic mass is 32.1. The molecule has 0 heterocycles. The molecular formula is C16H26N2O2S. The van der Waals surface area contributed by atoms with Crippen LogP contribution in [-0.4, -0.2) is 25.4 Å². The van der Waals surface area contributed by atoms with Crippen molar-refractivity contribution in [2.75, 3.05) is 20.3 Å². The van der Waals surface area contributed by atoms with Crippen LogP contribution in [0.25, 0.3) is 0 Å². The zero-order valence-corrected chi connectivity index (χ0v) is 14.2. The van der Waals surface area contributed by atoms with Gasteiger partial charge in [0.2, 0.25) is 0 Å². The average molecular weight is 310 g/mol. The van der Waals surface area contributed by atoms with Gasteiger partial charge in [0.25, 0.3) is 0 Å². The number of ether oxygens (including phenoxy) is 2. The molecule has 0 aliphatic heterocycles. The molecule has 1 aromatic rings. The molecule has 5 heteroatoms. The average Bonchev–Trinajstić information content (AvgIpc) is 2.50. The molecule has 0 unspecified atom stereocenters. The number of thiocarbonyl (C=S) groups is 1. The van der Waals surface area contributed by atoms with E-state index in [4.69, 9.17) is 21.7 Å². The van der Waals surface area contributed by atoms with Gasteiger partial charge in [-0.15, -0.1) is 0 Å². The summed E-state index contributed by atoms with van der Waals surface area (Å²) in [5, 5.41) is 6.76. The number of hydrogen-bond acceptors (Lipinski definition) is 3. The quantitative estimate of drug-likeness (QED) is 0.720. The molecule has 1 aromatic carbocycles. The SMILES string of the molecule is CCCOc1ccc([C@@H](C)NC(=S)NC)cc1OCCC. The summed E-state index contributed by atoms with van der Waals surface area (Å²) in [6, 6.07) is 6.14. The van der Waals surface area contributed by atoms with E-state index in [2.05, 4.69) is 31.4 Å². The Morgan fingerprint density at radius 2 is 1.76 bits per heavy atom. The molecule has 0 fully saturated rings. The van der Waals surface area contributed by atoms with Gasteiger partial charge >= 0.3 is 0 Å². The maximum Gasteiger partial charge on any atom is 0.166 e. The fourth-order valence-electron chi connectivity index (χ4n) is 1.80. The van der Waals surface area contributed by atoms with E-state index in [1.807, 2.05) is 18.2 Å². The molecule has 1 rings (SSSR count). The third-order valence-electron chi connectivity index (χ3n) is 2.97. The lowest BCUT2D eigenvalue weighted by atomic mass is 10.1. The molecule has 0 radical (unpaired) electrons. The zero-order chi connectivity index (χ0) is 15.7. The minimum absolute atomic E-state index is 0.106. The van der Waals surface area contributed by atoms with Crippen molar-refractivity contribution in [3.05, 3.63) is 23.8 Å². The summed E-state index contributed by atoms with van der Waals surface area (Å²) in [5.74, 6) is 1.60. The van der Waals surface area contributed by atoms with Gasteiger partial charge in [-0.05, 0) is 49.7 Å². The molecule has 0 bridgehead atoms. The van der Waals surface area contributed by atoms with E-state index >= 15 is 0 Å². The van der Waals surface area contributed by atoms with Gasteiger partial charge in [0.1, 0.15) is 0 Å². The van der Waals surface area contributed by atoms with E-state index < -0.39 is 0 Å². The van der Waals surface area contributed by atoms with Crippen LogP contribution < -0.4 is 20.1 Å². The molecule has 0 saturated heterocycles. The van der Waals surface area contributed by atoms with Crippen LogP contribution in [0.3, 0.4) is 0 Å². The summed E-state index contributed by atoms with van der Waals surface area (Å²) in [6.07, 6.45) is 1.94. The highest BCUT2D eigenvalue weighted by Gasteiger charge is 2.11. The predicted octanol–water partition coefficient (Wildman–Crippen LogP) is 3.42. The van der Waals surface area contributed by atoms with E-state index in [-0.39, 0.29) is 6.04 Å². The van der Waals surface area contributed by atoms with Gasteiger partial charge in [-0.2, -0.15) is 0 Å². The minimum Gasteiger partial charge on any atom is -0.490 e. The molecule has 0 spiro atoms. The van der Waals surface area contributed by atoms with Gasteiger partial charge in [0.05, 0.1) is 19.3 Å². The van der Waals surface area contributed by atoms with Crippen molar-refractivity contribution < 1.29 is 9.47 Å². The number of nitrogens with one attached hydrogen (secondary N) is 2. The monoisotopic (exact) mass is 310 g/mol. The maximum absolute atomic E-state index is 5.80. The molecule has 0 amide bonds. The summed E-state index contributed by atoms with van der Waals surface area (Å²) in [7, 11) is 1.81. The molecule has 21 heavy (non-hydrogen) atoms. The molecule has 1 atom stereocenters.